The van der Waals surface area contributed by atoms with E-state index in [0.29, 0.717) is 19.6 Å². The van der Waals surface area contributed by atoms with Crippen molar-refractivity contribution in [2.24, 2.45) is 11.1 Å². The molecule has 19 heavy (non-hydrogen) atoms. The molecule has 0 radical (unpaired) electrons. The molecular formula is C12H20N4O2S. The fraction of sp³-hybridized carbons (Fsp3) is 0.750. The third kappa shape index (κ3) is 1.83. The van der Waals surface area contributed by atoms with Crippen LogP contribution in [0.15, 0.2) is 17.6 Å². The molecule has 1 aliphatic carbocycles. The van der Waals surface area contributed by atoms with Gasteiger partial charge in [0.05, 0.1) is 12.5 Å². The minimum atomic E-state index is -3.46. The van der Waals surface area contributed by atoms with E-state index >= 15 is 0 Å². The van der Waals surface area contributed by atoms with E-state index in [-0.39, 0.29) is 16.5 Å². The number of imidazole rings is 1. The molecule has 1 saturated heterocycles. The van der Waals surface area contributed by atoms with Gasteiger partial charge in [0.1, 0.15) is 0 Å². The van der Waals surface area contributed by atoms with E-state index in [0.717, 1.165) is 19.3 Å². The summed E-state index contributed by atoms with van der Waals surface area (Å²) >= 11 is 0. The van der Waals surface area contributed by atoms with Crippen molar-refractivity contribution < 1.29 is 8.42 Å². The van der Waals surface area contributed by atoms with Crippen LogP contribution in [0.1, 0.15) is 26.2 Å². The van der Waals surface area contributed by atoms with E-state index in [2.05, 4.69) is 4.98 Å². The zero-order chi connectivity index (χ0) is 13.7. The number of aryl methyl sites for hydroxylation is 1. The van der Waals surface area contributed by atoms with Gasteiger partial charge in [-0.25, -0.2) is 13.4 Å². The summed E-state index contributed by atoms with van der Waals surface area (Å²) in [5, 5.41) is 0.276. The molecule has 6 nitrogen and oxygen atoms in total. The lowest BCUT2D eigenvalue weighted by Crippen LogP contribution is -2.45. The number of sulfonamides is 1. The summed E-state index contributed by atoms with van der Waals surface area (Å²) in [6, 6.07) is -0.0333. The van der Waals surface area contributed by atoms with Gasteiger partial charge < -0.3 is 10.3 Å². The first-order valence-corrected chi connectivity index (χ1v) is 8.19. The molecule has 7 heteroatoms. The Bertz CT molecular complexity index is 576. The standard InChI is InChI=1S/C12H20N4O2S/c1-2-15-9-14-6-11(15)19(17,18)16-7-10(13)12(8-16)4-3-5-12/h6,9-10H,2-5,7-8,13H2,1H3. The monoisotopic (exact) mass is 284 g/mol. The molecule has 1 aromatic heterocycles. The summed E-state index contributed by atoms with van der Waals surface area (Å²) in [5.74, 6) is 0. The Hall–Kier alpha value is -0.920. The Balaban J connectivity index is 1.90. The number of nitrogens with two attached hydrogens (primary N) is 1. The summed E-state index contributed by atoms with van der Waals surface area (Å²) < 4.78 is 28.5. The average Bonchev–Trinajstić information content (AvgIpc) is 2.91. The summed E-state index contributed by atoms with van der Waals surface area (Å²) in [6.07, 6.45) is 6.24. The fourth-order valence-electron chi connectivity index (χ4n) is 3.18. The van der Waals surface area contributed by atoms with Gasteiger partial charge >= 0.3 is 0 Å². The second-order valence-corrected chi connectivity index (χ2v) is 7.52. The number of hydrogen-bond donors (Lipinski definition) is 1. The van der Waals surface area contributed by atoms with Gasteiger partial charge in [0.2, 0.25) is 0 Å². The van der Waals surface area contributed by atoms with Gasteiger partial charge in [0.25, 0.3) is 10.0 Å². The van der Waals surface area contributed by atoms with Crippen LogP contribution in [0.3, 0.4) is 0 Å². The van der Waals surface area contributed by atoms with Crippen molar-refractivity contribution in [3.05, 3.63) is 12.5 Å². The van der Waals surface area contributed by atoms with E-state index in [1.54, 1.807) is 15.2 Å². The van der Waals surface area contributed by atoms with Gasteiger partial charge in [0, 0.05) is 31.1 Å². The maximum atomic E-state index is 12.7. The van der Waals surface area contributed by atoms with Crippen LogP contribution in [0.25, 0.3) is 0 Å². The van der Waals surface area contributed by atoms with E-state index in [1.165, 1.54) is 6.20 Å². The van der Waals surface area contributed by atoms with Gasteiger partial charge in [-0.1, -0.05) is 6.42 Å². The van der Waals surface area contributed by atoms with Crippen molar-refractivity contribution in [2.45, 2.75) is 43.8 Å². The lowest BCUT2D eigenvalue weighted by atomic mass is 9.66. The van der Waals surface area contributed by atoms with Gasteiger partial charge in [-0.15, -0.1) is 0 Å². The molecule has 106 valence electrons. The van der Waals surface area contributed by atoms with Crippen molar-refractivity contribution >= 4 is 10.0 Å². The predicted octanol–water partition coefficient (Wildman–Crippen LogP) is 0.405. The summed E-state index contributed by atoms with van der Waals surface area (Å²) in [6.45, 7) is 3.49. The minimum Gasteiger partial charge on any atom is -0.326 e. The molecule has 2 aliphatic rings. The molecule has 2 N–H and O–H groups in total. The molecule has 1 atom stereocenters. The molecule has 1 aromatic rings. The number of rotatable bonds is 3. The van der Waals surface area contributed by atoms with Crippen molar-refractivity contribution in [3.63, 3.8) is 0 Å². The molecule has 0 amide bonds. The third-order valence-electron chi connectivity index (χ3n) is 4.65. The molecule has 3 rings (SSSR count). The second kappa shape index (κ2) is 4.29. The van der Waals surface area contributed by atoms with E-state index in [4.69, 9.17) is 5.73 Å². The smallest absolute Gasteiger partial charge is 0.260 e. The topological polar surface area (TPSA) is 81.2 Å². The average molecular weight is 284 g/mol. The van der Waals surface area contributed by atoms with Gasteiger partial charge in [0.15, 0.2) is 5.03 Å². The molecule has 1 aliphatic heterocycles. The Morgan fingerprint density at radius 3 is 2.79 bits per heavy atom. The van der Waals surface area contributed by atoms with Crippen LogP contribution in [0.2, 0.25) is 0 Å². The molecule has 0 bridgehead atoms. The zero-order valence-electron chi connectivity index (χ0n) is 11.1. The van der Waals surface area contributed by atoms with Gasteiger partial charge in [-0.3, -0.25) is 0 Å². The molecule has 2 fully saturated rings. The summed E-state index contributed by atoms with van der Waals surface area (Å²) in [5.41, 5.74) is 6.19. The molecular weight excluding hydrogens is 264 g/mol. The highest BCUT2D eigenvalue weighted by Crippen LogP contribution is 2.48. The van der Waals surface area contributed by atoms with Crippen LogP contribution in [-0.2, 0) is 16.6 Å². The van der Waals surface area contributed by atoms with Crippen LogP contribution < -0.4 is 5.73 Å². The van der Waals surface area contributed by atoms with Crippen molar-refractivity contribution in [1.82, 2.24) is 13.9 Å². The lowest BCUT2D eigenvalue weighted by molar-refractivity contribution is 0.133. The van der Waals surface area contributed by atoms with Crippen molar-refractivity contribution in [3.8, 4) is 0 Å². The second-order valence-electron chi connectivity index (χ2n) is 5.64. The normalized spacial score (nSPS) is 26.7. The summed E-state index contributed by atoms with van der Waals surface area (Å²) in [7, 11) is -3.46. The van der Waals surface area contributed by atoms with Crippen LogP contribution in [-0.4, -0.2) is 41.4 Å². The van der Waals surface area contributed by atoms with E-state index < -0.39 is 10.0 Å². The maximum absolute atomic E-state index is 12.7. The van der Waals surface area contributed by atoms with Crippen LogP contribution in [0.4, 0.5) is 0 Å². The lowest BCUT2D eigenvalue weighted by Gasteiger charge is -2.41. The predicted molar refractivity (Wildman–Crippen MR) is 70.9 cm³/mol. The van der Waals surface area contributed by atoms with E-state index in [9.17, 15) is 8.42 Å². The Morgan fingerprint density at radius 1 is 1.53 bits per heavy atom. The highest BCUT2D eigenvalue weighted by molar-refractivity contribution is 7.89. The first-order chi connectivity index (χ1) is 8.99. The fourth-order valence-corrected chi connectivity index (χ4v) is 4.90. The van der Waals surface area contributed by atoms with Gasteiger partial charge in [-0.05, 0) is 19.8 Å². The summed E-state index contributed by atoms with van der Waals surface area (Å²) in [4.78, 5) is 3.95. The quantitative estimate of drug-likeness (QED) is 0.871. The van der Waals surface area contributed by atoms with Crippen LogP contribution >= 0.6 is 0 Å². The largest absolute Gasteiger partial charge is 0.326 e. The van der Waals surface area contributed by atoms with Crippen LogP contribution in [0, 0.1) is 5.41 Å². The van der Waals surface area contributed by atoms with Crippen molar-refractivity contribution in [2.75, 3.05) is 13.1 Å². The minimum absolute atomic E-state index is 0.0319. The third-order valence-corrected chi connectivity index (χ3v) is 6.47. The highest BCUT2D eigenvalue weighted by Gasteiger charge is 2.52. The number of aromatic nitrogens is 2. The van der Waals surface area contributed by atoms with E-state index in [1.807, 2.05) is 6.92 Å². The molecule has 1 saturated carbocycles. The molecule has 0 aromatic carbocycles. The Morgan fingerprint density at radius 2 is 2.26 bits per heavy atom. The van der Waals surface area contributed by atoms with Gasteiger partial charge in [-0.2, -0.15) is 4.31 Å². The Kier molecular flexibility index (Phi) is 2.95. The van der Waals surface area contributed by atoms with Crippen molar-refractivity contribution in [1.29, 1.82) is 0 Å². The molecule has 1 unspecified atom stereocenters. The SMILES string of the molecule is CCn1cncc1S(=O)(=O)N1CC(N)C2(CCC2)C1. The first-order valence-electron chi connectivity index (χ1n) is 6.75. The highest BCUT2D eigenvalue weighted by atomic mass is 32.2. The molecule has 1 spiro atoms. The zero-order valence-corrected chi connectivity index (χ0v) is 11.9. The first kappa shape index (κ1) is 13.1. The maximum Gasteiger partial charge on any atom is 0.260 e. The molecule has 2 heterocycles. The Labute approximate surface area is 113 Å². The number of nitrogens with zero attached hydrogens (tertiary/aromatic N) is 3. The number of hydrogen-bond acceptors (Lipinski definition) is 4. The van der Waals surface area contributed by atoms with Crippen LogP contribution in [0.5, 0.6) is 0 Å².